The van der Waals surface area contributed by atoms with Crippen LogP contribution in [0.1, 0.15) is 35.8 Å². The summed E-state index contributed by atoms with van der Waals surface area (Å²) in [6.07, 6.45) is 2.54. The fraction of sp³-hybridized carbons (Fsp3) is 0.304. The van der Waals surface area contributed by atoms with E-state index in [1.807, 2.05) is 32.0 Å². The van der Waals surface area contributed by atoms with Crippen LogP contribution in [0.25, 0.3) is 10.9 Å². The number of hydrogen-bond acceptors (Lipinski definition) is 5. The van der Waals surface area contributed by atoms with Crippen LogP contribution in [0.3, 0.4) is 0 Å². The highest BCUT2D eigenvalue weighted by atomic mass is 16.5. The minimum atomic E-state index is -0.314. The Balaban J connectivity index is 1.65. The fourth-order valence-corrected chi connectivity index (χ4v) is 3.69. The third kappa shape index (κ3) is 3.79. The van der Waals surface area contributed by atoms with Gasteiger partial charge < -0.3 is 15.0 Å². The van der Waals surface area contributed by atoms with E-state index in [1.165, 1.54) is 18.5 Å². The van der Waals surface area contributed by atoms with E-state index in [1.54, 1.807) is 6.07 Å². The summed E-state index contributed by atoms with van der Waals surface area (Å²) in [5.74, 6) is -0.314. The number of nitrogens with zero attached hydrogens (tertiary/aromatic N) is 2. The fourth-order valence-electron chi connectivity index (χ4n) is 3.69. The Morgan fingerprint density at radius 2 is 1.86 bits per heavy atom. The third-order valence-corrected chi connectivity index (χ3v) is 5.07. The van der Waals surface area contributed by atoms with Gasteiger partial charge in [-0.15, -0.1) is 0 Å². The van der Waals surface area contributed by atoms with Gasteiger partial charge in [0.2, 0.25) is 0 Å². The Morgan fingerprint density at radius 3 is 2.57 bits per heavy atom. The van der Waals surface area contributed by atoms with Gasteiger partial charge in [-0.05, 0) is 75.2 Å². The molecule has 5 nitrogen and oxygen atoms in total. The van der Waals surface area contributed by atoms with Gasteiger partial charge in [-0.2, -0.15) is 0 Å². The van der Waals surface area contributed by atoms with Gasteiger partial charge >= 0.3 is 5.97 Å². The van der Waals surface area contributed by atoms with E-state index < -0.39 is 0 Å². The van der Waals surface area contributed by atoms with Crippen LogP contribution in [0, 0.1) is 6.92 Å². The number of fused-ring (bicyclic) bond motifs is 1. The van der Waals surface area contributed by atoms with Crippen molar-refractivity contribution in [2.75, 3.05) is 29.9 Å². The zero-order chi connectivity index (χ0) is 19.5. The molecule has 0 unspecified atom stereocenters. The normalized spacial score (nSPS) is 13.7. The molecule has 0 bridgehead atoms. The van der Waals surface area contributed by atoms with Crippen LogP contribution in [0.5, 0.6) is 0 Å². The first-order valence-corrected chi connectivity index (χ1v) is 9.84. The van der Waals surface area contributed by atoms with Crippen molar-refractivity contribution in [2.45, 2.75) is 26.7 Å². The number of aryl methyl sites for hydroxylation is 1. The Bertz CT molecular complexity index is 993. The summed E-state index contributed by atoms with van der Waals surface area (Å²) in [7, 11) is 0. The molecule has 1 N–H and O–H groups in total. The van der Waals surface area contributed by atoms with Crippen molar-refractivity contribution in [1.29, 1.82) is 0 Å². The molecule has 0 atom stereocenters. The summed E-state index contributed by atoms with van der Waals surface area (Å²) in [6.45, 7) is 6.41. The molecule has 1 aliphatic rings. The highest BCUT2D eigenvalue weighted by Gasteiger charge is 2.13. The summed E-state index contributed by atoms with van der Waals surface area (Å²) in [6, 6.07) is 16.0. The molecule has 2 aromatic carbocycles. The third-order valence-electron chi connectivity index (χ3n) is 5.07. The van der Waals surface area contributed by atoms with Crippen LogP contribution in [0.2, 0.25) is 0 Å². The van der Waals surface area contributed by atoms with E-state index in [-0.39, 0.29) is 5.97 Å². The summed E-state index contributed by atoms with van der Waals surface area (Å²) < 4.78 is 5.14. The lowest BCUT2D eigenvalue weighted by molar-refractivity contribution is 0.0526. The lowest BCUT2D eigenvalue weighted by Gasteiger charge is -2.18. The van der Waals surface area contributed by atoms with Crippen molar-refractivity contribution in [3.63, 3.8) is 0 Å². The molecule has 5 heteroatoms. The number of carbonyl (C=O) groups excluding carboxylic acids is 1. The van der Waals surface area contributed by atoms with Crippen molar-refractivity contribution >= 4 is 33.9 Å². The van der Waals surface area contributed by atoms with Gasteiger partial charge in [0.1, 0.15) is 0 Å². The molecule has 0 amide bonds. The predicted octanol–water partition coefficient (Wildman–Crippen LogP) is 5.06. The van der Waals surface area contributed by atoms with Crippen molar-refractivity contribution in [2.24, 2.45) is 0 Å². The second-order valence-corrected chi connectivity index (χ2v) is 7.13. The Labute approximate surface area is 165 Å². The van der Waals surface area contributed by atoms with Gasteiger partial charge in [0.25, 0.3) is 0 Å². The van der Waals surface area contributed by atoms with Gasteiger partial charge in [0, 0.05) is 41.2 Å². The van der Waals surface area contributed by atoms with Gasteiger partial charge in [-0.25, -0.2) is 4.79 Å². The topological polar surface area (TPSA) is 54.5 Å². The molecular formula is C23H25N3O2. The minimum Gasteiger partial charge on any atom is -0.462 e. The number of pyridine rings is 1. The molecule has 1 aliphatic heterocycles. The van der Waals surface area contributed by atoms with E-state index in [2.05, 4.69) is 39.5 Å². The molecular weight excluding hydrogens is 350 g/mol. The second kappa shape index (κ2) is 7.89. The van der Waals surface area contributed by atoms with Crippen LogP contribution in [0.4, 0.5) is 17.1 Å². The van der Waals surface area contributed by atoms with Crippen molar-refractivity contribution in [3.05, 3.63) is 59.8 Å². The SMILES string of the molecule is CCOC(=O)c1ccc2nc(C)cc(Nc3ccc(N4CCCC4)cc3)c2c1. The monoisotopic (exact) mass is 375 g/mol. The zero-order valence-corrected chi connectivity index (χ0v) is 16.4. The minimum absolute atomic E-state index is 0.314. The maximum atomic E-state index is 12.1. The highest BCUT2D eigenvalue weighted by Crippen LogP contribution is 2.29. The summed E-state index contributed by atoms with van der Waals surface area (Å²) in [5, 5.41) is 4.40. The number of anilines is 3. The van der Waals surface area contributed by atoms with E-state index >= 15 is 0 Å². The van der Waals surface area contributed by atoms with E-state index in [0.717, 1.165) is 41.1 Å². The molecule has 3 aromatic rings. The Hall–Kier alpha value is -3.08. The Morgan fingerprint density at radius 1 is 1.11 bits per heavy atom. The molecule has 4 rings (SSSR count). The number of rotatable bonds is 5. The maximum Gasteiger partial charge on any atom is 0.338 e. The van der Waals surface area contributed by atoms with Gasteiger partial charge in [0.15, 0.2) is 0 Å². The predicted molar refractivity (Wildman–Crippen MR) is 114 cm³/mol. The van der Waals surface area contributed by atoms with Gasteiger partial charge in [-0.3, -0.25) is 4.98 Å². The van der Waals surface area contributed by atoms with Crippen LogP contribution >= 0.6 is 0 Å². The number of hydrogen-bond donors (Lipinski definition) is 1. The number of aromatic nitrogens is 1. The summed E-state index contributed by atoms with van der Waals surface area (Å²) >= 11 is 0. The first kappa shape index (κ1) is 18.3. The first-order valence-electron chi connectivity index (χ1n) is 9.84. The van der Waals surface area contributed by atoms with Crippen molar-refractivity contribution in [1.82, 2.24) is 4.98 Å². The molecule has 0 aliphatic carbocycles. The lowest BCUT2D eigenvalue weighted by atomic mass is 10.1. The number of ether oxygens (including phenoxy) is 1. The molecule has 0 spiro atoms. The molecule has 0 saturated carbocycles. The molecule has 1 saturated heterocycles. The molecule has 2 heterocycles. The number of benzene rings is 2. The molecule has 1 fully saturated rings. The van der Waals surface area contributed by atoms with Crippen LogP contribution in [0.15, 0.2) is 48.5 Å². The number of nitrogens with one attached hydrogen (secondary N) is 1. The van der Waals surface area contributed by atoms with Crippen LogP contribution in [-0.2, 0) is 4.74 Å². The number of carbonyl (C=O) groups is 1. The average molecular weight is 375 g/mol. The number of esters is 1. The van der Waals surface area contributed by atoms with Crippen molar-refractivity contribution < 1.29 is 9.53 Å². The Kier molecular flexibility index (Phi) is 5.15. The zero-order valence-electron chi connectivity index (χ0n) is 16.4. The van der Waals surface area contributed by atoms with Crippen LogP contribution < -0.4 is 10.2 Å². The van der Waals surface area contributed by atoms with E-state index in [0.29, 0.717) is 12.2 Å². The van der Waals surface area contributed by atoms with Crippen molar-refractivity contribution in [3.8, 4) is 0 Å². The molecule has 1 aromatic heterocycles. The van der Waals surface area contributed by atoms with Crippen LogP contribution in [-0.4, -0.2) is 30.6 Å². The lowest BCUT2D eigenvalue weighted by Crippen LogP contribution is -2.17. The maximum absolute atomic E-state index is 12.1. The van der Waals surface area contributed by atoms with Gasteiger partial charge in [-0.1, -0.05) is 0 Å². The molecule has 144 valence electrons. The second-order valence-electron chi connectivity index (χ2n) is 7.13. The standard InChI is InChI=1S/C23H25N3O2/c1-3-28-23(27)17-6-11-21-20(15-17)22(14-16(2)24-21)25-18-7-9-19(10-8-18)26-12-4-5-13-26/h6-11,14-15H,3-5,12-13H2,1-2H3,(H,24,25). The van der Waals surface area contributed by atoms with E-state index in [4.69, 9.17) is 4.74 Å². The quantitative estimate of drug-likeness (QED) is 0.632. The smallest absolute Gasteiger partial charge is 0.338 e. The average Bonchev–Trinajstić information content (AvgIpc) is 3.23. The first-order chi connectivity index (χ1) is 13.6. The largest absolute Gasteiger partial charge is 0.462 e. The van der Waals surface area contributed by atoms with Gasteiger partial charge in [0.05, 0.1) is 17.7 Å². The highest BCUT2D eigenvalue weighted by molar-refractivity contribution is 5.99. The molecule has 28 heavy (non-hydrogen) atoms. The molecule has 0 radical (unpaired) electrons. The van der Waals surface area contributed by atoms with E-state index in [9.17, 15) is 4.79 Å². The summed E-state index contributed by atoms with van der Waals surface area (Å²) in [5.41, 5.74) is 5.52. The summed E-state index contributed by atoms with van der Waals surface area (Å²) in [4.78, 5) is 19.1.